The van der Waals surface area contributed by atoms with E-state index in [-0.39, 0.29) is 0 Å². The summed E-state index contributed by atoms with van der Waals surface area (Å²) >= 11 is 0. The fourth-order valence-electron chi connectivity index (χ4n) is 8.24. The molecule has 11 aromatic rings. The van der Waals surface area contributed by atoms with Crippen LogP contribution in [-0.4, -0.2) is 24.5 Å². The Morgan fingerprint density at radius 1 is 0.246 bits per heavy atom. The third-order valence-corrected chi connectivity index (χ3v) is 11.2. The molecule has 0 aliphatic heterocycles. The molecule has 8 aromatic carbocycles. The Bertz CT molecular complexity index is 3010. The fourth-order valence-corrected chi connectivity index (χ4v) is 8.24. The van der Waals surface area contributed by atoms with E-state index in [0.717, 1.165) is 73.0 Å². The lowest BCUT2D eigenvalue weighted by Gasteiger charge is -2.14. The summed E-state index contributed by atoms with van der Waals surface area (Å²) in [4.78, 5) is 21.0. The first kappa shape index (κ1) is 35.8. The predicted molar refractivity (Wildman–Crippen MR) is 250 cm³/mol. The molecule has 5 nitrogen and oxygen atoms in total. The number of para-hydroxylation sites is 2. The molecule has 0 radical (unpaired) electrons. The van der Waals surface area contributed by atoms with Crippen molar-refractivity contribution in [2.75, 3.05) is 0 Å². The minimum Gasteiger partial charge on any atom is -0.309 e. The van der Waals surface area contributed by atoms with Gasteiger partial charge in [0.15, 0.2) is 11.6 Å². The highest BCUT2D eigenvalue weighted by atomic mass is 15.0. The Morgan fingerprint density at radius 3 is 0.951 bits per heavy atom. The second-order valence-corrected chi connectivity index (χ2v) is 15.1. The van der Waals surface area contributed by atoms with Gasteiger partial charge < -0.3 is 4.57 Å². The Hall–Kier alpha value is -8.28. The van der Waals surface area contributed by atoms with Crippen LogP contribution in [0.2, 0.25) is 0 Å². The third-order valence-electron chi connectivity index (χ3n) is 11.2. The number of fused-ring (bicyclic) bond motifs is 3. The van der Waals surface area contributed by atoms with Crippen LogP contribution < -0.4 is 0 Å². The van der Waals surface area contributed by atoms with E-state index in [0.29, 0.717) is 11.6 Å². The van der Waals surface area contributed by atoms with Crippen LogP contribution in [0.4, 0.5) is 0 Å². The number of aromatic nitrogens is 5. The molecule has 286 valence electrons. The maximum atomic E-state index is 5.25. The molecule has 0 bridgehead atoms. The van der Waals surface area contributed by atoms with Crippen LogP contribution in [0.25, 0.3) is 106 Å². The summed E-state index contributed by atoms with van der Waals surface area (Å²) in [6, 6.07) is 77.9. The molecule has 0 aliphatic rings. The van der Waals surface area contributed by atoms with E-state index in [2.05, 4.69) is 156 Å². The summed E-state index contributed by atoms with van der Waals surface area (Å²) in [5.41, 5.74) is 14.7. The quantitative estimate of drug-likeness (QED) is 0.154. The second kappa shape index (κ2) is 15.5. The summed E-state index contributed by atoms with van der Waals surface area (Å²) in [6.45, 7) is 0. The lowest BCUT2D eigenvalue weighted by atomic mass is 9.97. The average molecular weight is 780 g/mol. The largest absolute Gasteiger partial charge is 0.309 e. The molecule has 0 unspecified atom stereocenters. The molecule has 0 atom stereocenters. The first-order chi connectivity index (χ1) is 30.2. The van der Waals surface area contributed by atoms with E-state index in [1.165, 1.54) is 21.8 Å². The second-order valence-electron chi connectivity index (χ2n) is 15.1. The van der Waals surface area contributed by atoms with Gasteiger partial charge in [0.2, 0.25) is 0 Å². The van der Waals surface area contributed by atoms with E-state index in [1.807, 2.05) is 72.8 Å². The van der Waals surface area contributed by atoms with Crippen LogP contribution in [0.1, 0.15) is 0 Å². The summed E-state index contributed by atoms with van der Waals surface area (Å²) in [5.74, 6) is 1.24. The zero-order chi connectivity index (χ0) is 40.5. The van der Waals surface area contributed by atoms with Gasteiger partial charge in [-0.15, -0.1) is 0 Å². The van der Waals surface area contributed by atoms with E-state index in [9.17, 15) is 0 Å². The van der Waals surface area contributed by atoms with Gasteiger partial charge in [-0.25, -0.2) is 19.9 Å². The summed E-state index contributed by atoms with van der Waals surface area (Å²) in [6.07, 6.45) is 0. The van der Waals surface area contributed by atoms with Crippen molar-refractivity contribution in [1.29, 1.82) is 0 Å². The molecule has 3 aromatic heterocycles. The Balaban J connectivity index is 1.12. The van der Waals surface area contributed by atoms with Crippen LogP contribution in [0, 0.1) is 0 Å². The molecule has 0 aliphatic carbocycles. The number of hydrogen-bond acceptors (Lipinski definition) is 4. The molecule has 5 heteroatoms. The number of benzene rings is 8. The van der Waals surface area contributed by atoms with Gasteiger partial charge >= 0.3 is 0 Å². The number of rotatable bonds is 8. The zero-order valence-corrected chi connectivity index (χ0v) is 33.1. The maximum Gasteiger partial charge on any atom is 0.160 e. The van der Waals surface area contributed by atoms with Gasteiger partial charge in [-0.1, -0.05) is 170 Å². The van der Waals surface area contributed by atoms with Gasteiger partial charge in [0, 0.05) is 49.8 Å². The first-order valence-electron chi connectivity index (χ1n) is 20.5. The van der Waals surface area contributed by atoms with Crippen LogP contribution in [-0.2, 0) is 0 Å². The summed E-state index contributed by atoms with van der Waals surface area (Å²) < 4.78 is 2.35. The maximum absolute atomic E-state index is 5.25. The molecule has 3 heterocycles. The highest BCUT2D eigenvalue weighted by molar-refractivity contribution is 6.09. The molecule has 0 spiro atoms. The van der Waals surface area contributed by atoms with Crippen molar-refractivity contribution in [1.82, 2.24) is 24.5 Å². The molecular weight excluding hydrogens is 743 g/mol. The van der Waals surface area contributed by atoms with Gasteiger partial charge in [0.05, 0.1) is 33.8 Å². The van der Waals surface area contributed by atoms with Crippen LogP contribution in [0.5, 0.6) is 0 Å². The van der Waals surface area contributed by atoms with Crippen molar-refractivity contribution in [2.45, 2.75) is 0 Å². The molecular formula is C56H37N5. The standard InChI is InChI=1S/C56H37N5/c1-5-17-39(18-6-1)49-36-50(40-19-7-2-8-20-40)58-55(57-49)44-33-43(38-29-31-46(32-30-38)61-53-27-15-13-25-47(53)48-26-14-16-28-54(48)61)34-45(35-44)56-59-51(41-21-9-3-10-22-41)37-52(60-56)42-23-11-4-12-24-42/h1-37H. The zero-order valence-electron chi connectivity index (χ0n) is 33.1. The molecule has 61 heavy (non-hydrogen) atoms. The van der Waals surface area contributed by atoms with Gasteiger partial charge in [-0.2, -0.15) is 0 Å². The Kier molecular flexibility index (Phi) is 9.10. The molecule has 0 fully saturated rings. The van der Waals surface area contributed by atoms with Crippen LogP contribution in [0.3, 0.4) is 0 Å². The molecule has 0 amide bonds. The highest BCUT2D eigenvalue weighted by Gasteiger charge is 2.18. The van der Waals surface area contributed by atoms with Gasteiger partial charge in [-0.05, 0) is 65.7 Å². The van der Waals surface area contributed by atoms with Crippen molar-refractivity contribution in [3.8, 4) is 84.6 Å². The topological polar surface area (TPSA) is 56.5 Å². The number of hydrogen-bond donors (Lipinski definition) is 0. The van der Waals surface area contributed by atoms with Gasteiger partial charge in [-0.3, -0.25) is 0 Å². The summed E-state index contributed by atoms with van der Waals surface area (Å²) in [5, 5.41) is 2.47. The van der Waals surface area contributed by atoms with E-state index in [4.69, 9.17) is 19.9 Å². The fraction of sp³-hybridized carbons (Fsp3) is 0. The normalized spacial score (nSPS) is 11.3. The van der Waals surface area contributed by atoms with Crippen molar-refractivity contribution >= 4 is 21.8 Å². The van der Waals surface area contributed by atoms with Crippen molar-refractivity contribution in [2.24, 2.45) is 0 Å². The molecule has 0 saturated carbocycles. The SMILES string of the molecule is c1ccc(-c2cc(-c3ccccc3)nc(-c3cc(-c4ccc(-n5c6ccccc6c6ccccc65)cc4)cc(-c4nc(-c5ccccc5)cc(-c5ccccc5)n4)c3)n2)cc1. The monoisotopic (exact) mass is 779 g/mol. The smallest absolute Gasteiger partial charge is 0.160 e. The van der Waals surface area contributed by atoms with Crippen LogP contribution >= 0.6 is 0 Å². The lowest BCUT2D eigenvalue weighted by molar-refractivity contribution is 1.17. The van der Waals surface area contributed by atoms with E-state index in [1.54, 1.807) is 0 Å². The van der Waals surface area contributed by atoms with Crippen molar-refractivity contribution in [3.63, 3.8) is 0 Å². The Morgan fingerprint density at radius 2 is 0.574 bits per heavy atom. The number of nitrogens with zero attached hydrogens (tertiary/aromatic N) is 5. The van der Waals surface area contributed by atoms with E-state index < -0.39 is 0 Å². The third kappa shape index (κ3) is 6.94. The Labute approximate surface area is 354 Å². The molecule has 0 N–H and O–H groups in total. The lowest BCUT2D eigenvalue weighted by Crippen LogP contribution is -1.99. The summed E-state index contributed by atoms with van der Waals surface area (Å²) in [7, 11) is 0. The minimum absolute atomic E-state index is 0.618. The van der Waals surface area contributed by atoms with Crippen molar-refractivity contribution in [3.05, 3.63) is 224 Å². The highest BCUT2D eigenvalue weighted by Crippen LogP contribution is 2.37. The first-order valence-corrected chi connectivity index (χ1v) is 20.5. The molecule has 0 saturated heterocycles. The van der Waals surface area contributed by atoms with Gasteiger partial charge in [0.25, 0.3) is 0 Å². The van der Waals surface area contributed by atoms with Gasteiger partial charge in [0.1, 0.15) is 0 Å². The van der Waals surface area contributed by atoms with E-state index >= 15 is 0 Å². The minimum atomic E-state index is 0.618. The van der Waals surface area contributed by atoms with Crippen molar-refractivity contribution < 1.29 is 0 Å². The average Bonchev–Trinajstić information content (AvgIpc) is 3.69. The van der Waals surface area contributed by atoms with Crippen LogP contribution in [0.15, 0.2) is 224 Å². The predicted octanol–water partition coefficient (Wildman–Crippen LogP) is 14.0. The molecule has 11 rings (SSSR count).